The van der Waals surface area contributed by atoms with E-state index in [4.69, 9.17) is 16.3 Å². The number of nitro benzene ring substituents is 1. The van der Waals surface area contributed by atoms with Crippen molar-refractivity contribution in [2.45, 2.75) is 38.8 Å². The molecule has 0 aliphatic carbocycles. The van der Waals surface area contributed by atoms with Crippen LogP contribution in [-0.2, 0) is 4.74 Å². The number of likely N-dealkylation sites (tertiary alicyclic amines) is 1. The molecule has 1 fully saturated rings. The first-order chi connectivity index (χ1) is 10.9. The molecule has 1 aromatic rings. The van der Waals surface area contributed by atoms with Crippen molar-refractivity contribution < 1.29 is 14.5 Å². The molecular formula is C15H20ClN3O4. The lowest BCUT2D eigenvalue weighted by atomic mass is 10.0. The van der Waals surface area contributed by atoms with Crippen LogP contribution < -0.4 is 5.32 Å². The molecule has 1 amide bonds. The highest BCUT2D eigenvalue weighted by Gasteiger charge is 2.25. The number of carbonyl (C=O) groups is 1. The highest BCUT2D eigenvalue weighted by Crippen LogP contribution is 2.29. The average molecular weight is 342 g/mol. The normalized spacial score (nSPS) is 15.6. The van der Waals surface area contributed by atoms with E-state index in [1.54, 1.807) is 17.0 Å². The molecule has 0 bridgehead atoms. The van der Waals surface area contributed by atoms with Crippen molar-refractivity contribution in [1.82, 2.24) is 4.90 Å². The molecule has 0 atom stereocenters. The molecule has 0 spiro atoms. The molecule has 126 valence electrons. The highest BCUT2D eigenvalue weighted by molar-refractivity contribution is 6.30. The van der Waals surface area contributed by atoms with E-state index in [0.29, 0.717) is 36.6 Å². The minimum Gasteiger partial charge on any atom is -0.447 e. The molecule has 1 aliphatic heterocycles. The van der Waals surface area contributed by atoms with E-state index in [1.165, 1.54) is 6.07 Å². The highest BCUT2D eigenvalue weighted by atomic mass is 35.5. The van der Waals surface area contributed by atoms with Gasteiger partial charge in [-0.05, 0) is 38.8 Å². The third-order valence-electron chi connectivity index (χ3n) is 3.61. The van der Waals surface area contributed by atoms with Gasteiger partial charge in [-0.25, -0.2) is 4.79 Å². The SMILES string of the molecule is CC(C)OC(=O)N1CCC(Nc2ccc(Cl)cc2[N+](=O)[O-])CC1. The molecular weight excluding hydrogens is 322 g/mol. The number of carbonyl (C=O) groups excluding carboxylic acids is 1. The first kappa shape index (κ1) is 17.3. The second-order valence-electron chi connectivity index (χ2n) is 5.76. The fourth-order valence-electron chi connectivity index (χ4n) is 2.48. The van der Waals surface area contributed by atoms with Crippen molar-refractivity contribution in [3.05, 3.63) is 33.3 Å². The Morgan fingerprint density at radius 3 is 2.65 bits per heavy atom. The molecule has 1 heterocycles. The van der Waals surface area contributed by atoms with Crippen LogP contribution in [0, 0.1) is 10.1 Å². The van der Waals surface area contributed by atoms with Crippen LogP contribution in [0.1, 0.15) is 26.7 Å². The lowest BCUT2D eigenvalue weighted by molar-refractivity contribution is -0.384. The summed E-state index contributed by atoms with van der Waals surface area (Å²) in [5, 5.41) is 14.6. The maximum atomic E-state index is 11.8. The van der Waals surface area contributed by atoms with Crippen LogP contribution in [0.4, 0.5) is 16.2 Å². The zero-order valence-corrected chi connectivity index (χ0v) is 13.9. The number of halogens is 1. The van der Waals surface area contributed by atoms with Crippen molar-refractivity contribution >= 4 is 29.1 Å². The van der Waals surface area contributed by atoms with Crippen LogP contribution >= 0.6 is 11.6 Å². The number of benzene rings is 1. The first-order valence-corrected chi connectivity index (χ1v) is 7.90. The van der Waals surface area contributed by atoms with Crippen molar-refractivity contribution in [2.75, 3.05) is 18.4 Å². The minimum atomic E-state index is -0.455. The van der Waals surface area contributed by atoms with E-state index in [1.807, 2.05) is 13.8 Å². The third kappa shape index (κ3) is 4.72. The second-order valence-corrected chi connectivity index (χ2v) is 6.19. The zero-order valence-electron chi connectivity index (χ0n) is 13.1. The van der Waals surface area contributed by atoms with Gasteiger partial charge in [0, 0.05) is 30.2 Å². The van der Waals surface area contributed by atoms with Gasteiger partial charge in [0.05, 0.1) is 11.0 Å². The van der Waals surface area contributed by atoms with E-state index < -0.39 is 4.92 Å². The van der Waals surface area contributed by atoms with Gasteiger partial charge in [-0.2, -0.15) is 0 Å². The van der Waals surface area contributed by atoms with Gasteiger partial charge in [-0.1, -0.05) is 11.6 Å². The molecule has 0 saturated carbocycles. The lowest BCUT2D eigenvalue weighted by Gasteiger charge is -2.32. The number of rotatable bonds is 4. The van der Waals surface area contributed by atoms with Gasteiger partial charge in [-0.3, -0.25) is 10.1 Å². The Morgan fingerprint density at radius 1 is 1.43 bits per heavy atom. The largest absolute Gasteiger partial charge is 0.447 e. The monoisotopic (exact) mass is 341 g/mol. The van der Waals surface area contributed by atoms with E-state index >= 15 is 0 Å². The predicted octanol–water partition coefficient (Wildman–Crippen LogP) is 3.67. The molecule has 0 radical (unpaired) electrons. The Labute approximate surface area is 139 Å². The van der Waals surface area contributed by atoms with Crippen molar-refractivity contribution in [3.63, 3.8) is 0 Å². The molecule has 7 nitrogen and oxygen atoms in total. The van der Waals surface area contributed by atoms with Gasteiger partial charge >= 0.3 is 6.09 Å². The summed E-state index contributed by atoms with van der Waals surface area (Å²) in [5.74, 6) is 0. The van der Waals surface area contributed by atoms with Gasteiger partial charge in [0.15, 0.2) is 0 Å². The number of nitrogens with zero attached hydrogens (tertiary/aromatic N) is 2. The molecule has 1 saturated heterocycles. The molecule has 8 heteroatoms. The summed E-state index contributed by atoms with van der Waals surface area (Å²) in [6, 6.07) is 4.63. The maximum Gasteiger partial charge on any atom is 0.410 e. The molecule has 0 aromatic heterocycles. The fourth-order valence-corrected chi connectivity index (χ4v) is 2.65. The zero-order chi connectivity index (χ0) is 17.0. The Morgan fingerprint density at radius 2 is 2.09 bits per heavy atom. The second kappa shape index (κ2) is 7.50. The summed E-state index contributed by atoms with van der Waals surface area (Å²) in [5.41, 5.74) is 0.404. The number of nitrogens with one attached hydrogen (secondary N) is 1. The van der Waals surface area contributed by atoms with Crippen LogP contribution in [0.3, 0.4) is 0 Å². The quantitative estimate of drug-likeness (QED) is 0.667. The fraction of sp³-hybridized carbons (Fsp3) is 0.533. The van der Waals surface area contributed by atoms with Crippen molar-refractivity contribution in [2.24, 2.45) is 0 Å². The number of hydrogen-bond acceptors (Lipinski definition) is 5. The summed E-state index contributed by atoms with van der Waals surface area (Å²) in [4.78, 5) is 24.1. The van der Waals surface area contributed by atoms with Crippen LogP contribution in [0.15, 0.2) is 18.2 Å². The summed E-state index contributed by atoms with van der Waals surface area (Å²) in [7, 11) is 0. The van der Waals surface area contributed by atoms with Gasteiger partial charge in [0.1, 0.15) is 5.69 Å². The number of nitro groups is 1. The third-order valence-corrected chi connectivity index (χ3v) is 3.84. The summed E-state index contributed by atoms with van der Waals surface area (Å²) < 4.78 is 5.17. The van der Waals surface area contributed by atoms with Crippen molar-refractivity contribution in [3.8, 4) is 0 Å². The lowest BCUT2D eigenvalue weighted by Crippen LogP contribution is -2.43. The molecule has 1 aliphatic rings. The van der Waals surface area contributed by atoms with E-state index in [2.05, 4.69) is 5.32 Å². The molecule has 1 N–H and O–H groups in total. The minimum absolute atomic E-state index is 0.0425. The number of piperidine rings is 1. The van der Waals surface area contributed by atoms with Gasteiger partial charge < -0.3 is 15.0 Å². The smallest absolute Gasteiger partial charge is 0.410 e. The topological polar surface area (TPSA) is 84.7 Å². The number of amides is 1. The van der Waals surface area contributed by atoms with Crippen LogP contribution in [0.5, 0.6) is 0 Å². The predicted molar refractivity (Wildman–Crippen MR) is 87.9 cm³/mol. The van der Waals surface area contributed by atoms with Crippen LogP contribution in [0.2, 0.25) is 5.02 Å². The molecule has 1 aromatic carbocycles. The number of hydrogen-bond donors (Lipinski definition) is 1. The molecule has 0 unspecified atom stereocenters. The van der Waals surface area contributed by atoms with Crippen LogP contribution in [0.25, 0.3) is 0 Å². The Hall–Kier alpha value is -2.02. The average Bonchev–Trinajstić information content (AvgIpc) is 2.49. The van der Waals surface area contributed by atoms with Crippen LogP contribution in [-0.4, -0.2) is 41.2 Å². The Kier molecular flexibility index (Phi) is 5.65. The number of ether oxygens (including phenoxy) is 1. The maximum absolute atomic E-state index is 11.8. The molecule has 2 rings (SSSR count). The summed E-state index contributed by atoms with van der Waals surface area (Å²) in [6.45, 7) is 4.74. The van der Waals surface area contributed by atoms with E-state index in [0.717, 1.165) is 0 Å². The number of anilines is 1. The van der Waals surface area contributed by atoms with Gasteiger partial charge in [0.25, 0.3) is 5.69 Å². The van der Waals surface area contributed by atoms with Crippen molar-refractivity contribution in [1.29, 1.82) is 0 Å². The molecule has 23 heavy (non-hydrogen) atoms. The van der Waals surface area contributed by atoms with Gasteiger partial charge in [-0.15, -0.1) is 0 Å². The van der Waals surface area contributed by atoms with Gasteiger partial charge in [0.2, 0.25) is 0 Å². The summed E-state index contributed by atoms with van der Waals surface area (Å²) in [6.07, 6.45) is 0.950. The van der Waals surface area contributed by atoms with E-state index in [9.17, 15) is 14.9 Å². The standard InChI is InChI=1S/C15H20ClN3O4/c1-10(2)23-15(20)18-7-5-12(6-8-18)17-13-4-3-11(16)9-14(13)19(21)22/h3-4,9-10,12,17H,5-8H2,1-2H3. The summed E-state index contributed by atoms with van der Waals surface area (Å²) >= 11 is 5.81. The Bertz CT molecular complexity index is 586. The first-order valence-electron chi connectivity index (χ1n) is 7.53. The van der Waals surface area contributed by atoms with E-state index in [-0.39, 0.29) is 23.9 Å². The Balaban J connectivity index is 1.94.